The summed E-state index contributed by atoms with van der Waals surface area (Å²) in [6.45, 7) is 3.15. The number of amides is 1. The van der Waals surface area contributed by atoms with E-state index in [0.717, 1.165) is 38.0 Å². The fourth-order valence-electron chi connectivity index (χ4n) is 4.93. The summed E-state index contributed by atoms with van der Waals surface area (Å²) in [5.74, 6) is 1.49. The Morgan fingerprint density at radius 3 is 2.56 bits per heavy atom. The zero-order chi connectivity index (χ0) is 18.2. The fraction of sp³-hybridized carbons (Fsp3) is 0.636. The van der Waals surface area contributed by atoms with Gasteiger partial charge in [0.05, 0.1) is 10.2 Å². The van der Waals surface area contributed by atoms with Crippen LogP contribution in [0.15, 0.2) is 24.3 Å². The molecule has 0 unspecified atom stereocenters. The molecular formula is C22H29N3OS. The maximum atomic E-state index is 12.9. The van der Waals surface area contributed by atoms with Crippen molar-refractivity contribution in [2.24, 2.45) is 11.8 Å². The average Bonchev–Trinajstić information content (AvgIpc) is 3.50. The van der Waals surface area contributed by atoms with Gasteiger partial charge in [0.15, 0.2) is 5.13 Å². The van der Waals surface area contributed by atoms with Gasteiger partial charge in [0.2, 0.25) is 5.91 Å². The lowest BCUT2D eigenvalue weighted by atomic mass is 9.86. The average molecular weight is 384 g/mol. The second kappa shape index (κ2) is 7.42. The van der Waals surface area contributed by atoms with Crippen LogP contribution >= 0.6 is 11.3 Å². The van der Waals surface area contributed by atoms with Gasteiger partial charge in [-0.1, -0.05) is 36.3 Å². The highest BCUT2D eigenvalue weighted by Crippen LogP contribution is 2.37. The van der Waals surface area contributed by atoms with Crippen LogP contribution in [-0.4, -0.2) is 41.5 Å². The topological polar surface area (TPSA) is 36.4 Å². The highest BCUT2D eigenvalue weighted by Gasteiger charge is 2.39. The Morgan fingerprint density at radius 2 is 1.78 bits per heavy atom. The molecule has 0 bridgehead atoms. The van der Waals surface area contributed by atoms with Crippen molar-refractivity contribution >= 4 is 32.6 Å². The Balaban J connectivity index is 1.27. The summed E-state index contributed by atoms with van der Waals surface area (Å²) in [5.41, 5.74) is 1.12. The van der Waals surface area contributed by atoms with Crippen LogP contribution in [0.3, 0.4) is 0 Å². The number of anilines is 1. The number of thiazole rings is 1. The van der Waals surface area contributed by atoms with Gasteiger partial charge in [-0.3, -0.25) is 4.79 Å². The number of piperidine rings is 1. The SMILES string of the molecule is O=C(C1CC1)N1CCCCC[C@@H]1C1CCN(c2nc3ccccc3s2)CC1. The predicted molar refractivity (Wildman–Crippen MR) is 111 cm³/mol. The van der Waals surface area contributed by atoms with Gasteiger partial charge in [0, 0.05) is 31.6 Å². The summed E-state index contributed by atoms with van der Waals surface area (Å²) < 4.78 is 1.28. The third-order valence-corrected chi connectivity index (χ3v) is 7.74. The molecule has 3 fully saturated rings. The summed E-state index contributed by atoms with van der Waals surface area (Å²) in [7, 11) is 0. The molecule has 3 heterocycles. The smallest absolute Gasteiger partial charge is 0.225 e. The molecule has 4 nitrogen and oxygen atoms in total. The summed E-state index contributed by atoms with van der Waals surface area (Å²) >= 11 is 1.81. The van der Waals surface area contributed by atoms with E-state index in [-0.39, 0.29) is 0 Å². The molecule has 1 aromatic heterocycles. The van der Waals surface area contributed by atoms with Gasteiger partial charge in [-0.2, -0.15) is 0 Å². The number of likely N-dealkylation sites (tertiary alicyclic amines) is 1. The van der Waals surface area contributed by atoms with Crippen LogP contribution in [0.4, 0.5) is 5.13 Å². The van der Waals surface area contributed by atoms with E-state index in [1.807, 2.05) is 11.3 Å². The Labute approximate surface area is 165 Å². The van der Waals surface area contributed by atoms with Crippen LogP contribution in [0, 0.1) is 11.8 Å². The van der Waals surface area contributed by atoms with Crippen molar-refractivity contribution in [3.63, 3.8) is 0 Å². The van der Waals surface area contributed by atoms with E-state index < -0.39 is 0 Å². The van der Waals surface area contributed by atoms with Gasteiger partial charge >= 0.3 is 0 Å². The first-order valence-electron chi connectivity index (χ1n) is 10.7. The maximum Gasteiger partial charge on any atom is 0.225 e. The Bertz CT molecular complexity index is 774. The molecule has 0 N–H and O–H groups in total. The quantitative estimate of drug-likeness (QED) is 0.771. The van der Waals surface area contributed by atoms with Crippen LogP contribution in [0.25, 0.3) is 10.2 Å². The van der Waals surface area contributed by atoms with Crippen LogP contribution in [0.1, 0.15) is 51.4 Å². The van der Waals surface area contributed by atoms with E-state index in [0.29, 0.717) is 23.8 Å². The number of benzene rings is 1. The van der Waals surface area contributed by atoms with Gasteiger partial charge in [0.1, 0.15) is 0 Å². The van der Waals surface area contributed by atoms with E-state index in [1.165, 1.54) is 48.4 Å². The lowest BCUT2D eigenvalue weighted by molar-refractivity contribution is -0.136. The third-order valence-electron chi connectivity index (χ3n) is 6.65. The van der Waals surface area contributed by atoms with E-state index in [1.54, 1.807) is 0 Å². The van der Waals surface area contributed by atoms with E-state index in [2.05, 4.69) is 34.1 Å². The highest BCUT2D eigenvalue weighted by molar-refractivity contribution is 7.22. The molecule has 5 heteroatoms. The molecular weight excluding hydrogens is 354 g/mol. The summed E-state index contributed by atoms with van der Waals surface area (Å²) in [5, 5.41) is 1.17. The fourth-order valence-corrected chi connectivity index (χ4v) is 5.95. The highest BCUT2D eigenvalue weighted by atomic mass is 32.1. The number of aromatic nitrogens is 1. The zero-order valence-electron chi connectivity index (χ0n) is 16.0. The first-order valence-corrected chi connectivity index (χ1v) is 11.5. The molecule has 0 spiro atoms. The Kier molecular flexibility index (Phi) is 4.80. The Morgan fingerprint density at radius 1 is 0.963 bits per heavy atom. The van der Waals surface area contributed by atoms with Crippen molar-refractivity contribution in [2.75, 3.05) is 24.5 Å². The van der Waals surface area contributed by atoms with Crippen LogP contribution in [0.2, 0.25) is 0 Å². The van der Waals surface area contributed by atoms with E-state index >= 15 is 0 Å². The van der Waals surface area contributed by atoms with Gasteiger partial charge < -0.3 is 9.80 Å². The van der Waals surface area contributed by atoms with E-state index in [4.69, 9.17) is 4.98 Å². The maximum absolute atomic E-state index is 12.9. The van der Waals surface area contributed by atoms with Crippen molar-refractivity contribution in [3.8, 4) is 0 Å². The molecule has 5 rings (SSSR count). The van der Waals surface area contributed by atoms with Crippen molar-refractivity contribution in [1.29, 1.82) is 0 Å². The minimum absolute atomic E-state index is 0.355. The van der Waals surface area contributed by atoms with Crippen LogP contribution in [0.5, 0.6) is 0 Å². The molecule has 2 aromatic rings. The molecule has 0 radical (unpaired) electrons. The second-order valence-corrected chi connectivity index (χ2v) is 9.52. The Hall–Kier alpha value is -1.62. The van der Waals surface area contributed by atoms with Gasteiger partial charge in [-0.15, -0.1) is 0 Å². The molecule has 3 aliphatic rings. The minimum Gasteiger partial charge on any atom is -0.348 e. The van der Waals surface area contributed by atoms with Crippen molar-refractivity contribution in [3.05, 3.63) is 24.3 Å². The molecule has 27 heavy (non-hydrogen) atoms. The van der Waals surface area contributed by atoms with Crippen LogP contribution in [-0.2, 0) is 4.79 Å². The van der Waals surface area contributed by atoms with Gasteiger partial charge in [-0.25, -0.2) is 4.98 Å². The standard InChI is InChI=1S/C22H29N3OS/c26-21(17-9-10-17)25-13-5-1-2-7-19(25)16-11-14-24(15-12-16)22-23-18-6-3-4-8-20(18)27-22/h3-4,6,8,16-17,19H,1-2,5,7,9-15H2/t19-/m1/s1. The normalized spacial score (nSPS) is 25.0. The number of hydrogen-bond donors (Lipinski definition) is 0. The number of para-hydroxylation sites is 1. The largest absolute Gasteiger partial charge is 0.348 e. The van der Waals surface area contributed by atoms with E-state index in [9.17, 15) is 4.79 Å². The number of rotatable bonds is 3. The first-order chi connectivity index (χ1) is 13.3. The van der Waals surface area contributed by atoms with Gasteiger partial charge in [-0.05, 0) is 56.6 Å². The molecule has 1 atom stereocenters. The van der Waals surface area contributed by atoms with Crippen molar-refractivity contribution in [2.45, 2.75) is 57.4 Å². The number of nitrogens with zero attached hydrogens (tertiary/aromatic N) is 3. The van der Waals surface area contributed by atoms with Crippen molar-refractivity contribution < 1.29 is 4.79 Å². The first kappa shape index (κ1) is 17.5. The third kappa shape index (κ3) is 3.58. The number of hydrogen-bond acceptors (Lipinski definition) is 4. The lowest BCUT2D eigenvalue weighted by Crippen LogP contribution is -2.48. The summed E-state index contributed by atoms with van der Waals surface area (Å²) in [6.07, 6.45) is 9.61. The molecule has 1 aliphatic carbocycles. The monoisotopic (exact) mass is 383 g/mol. The minimum atomic E-state index is 0.355. The number of carbonyl (C=O) groups is 1. The number of carbonyl (C=O) groups excluding carboxylic acids is 1. The molecule has 1 amide bonds. The molecule has 144 valence electrons. The summed E-state index contributed by atoms with van der Waals surface area (Å²) in [4.78, 5) is 22.5. The molecule has 1 saturated carbocycles. The molecule has 2 aliphatic heterocycles. The number of fused-ring (bicyclic) bond motifs is 1. The summed E-state index contributed by atoms with van der Waals surface area (Å²) in [6, 6.07) is 8.91. The zero-order valence-corrected chi connectivity index (χ0v) is 16.8. The molecule has 2 saturated heterocycles. The van der Waals surface area contributed by atoms with Crippen LogP contribution < -0.4 is 4.90 Å². The lowest BCUT2D eigenvalue weighted by Gasteiger charge is -2.40. The predicted octanol–water partition coefficient (Wildman–Crippen LogP) is 4.69. The second-order valence-electron chi connectivity index (χ2n) is 8.51. The van der Waals surface area contributed by atoms with Gasteiger partial charge in [0.25, 0.3) is 0 Å². The van der Waals surface area contributed by atoms with Crippen molar-refractivity contribution in [1.82, 2.24) is 9.88 Å². The molecule has 1 aromatic carbocycles.